The molecular weight excluding hydrogens is 328 g/mol. The van der Waals surface area contributed by atoms with E-state index in [4.69, 9.17) is 14.2 Å². The Morgan fingerprint density at radius 1 is 1.08 bits per heavy atom. The van der Waals surface area contributed by atoms with Gasteiger partial charge in [-0.2, -0.15) is 0 Å². The van der Waals surface area contributed by atoms with Gasteiger partial charge in [-0.1, -0.05) is 0 Å². The van der Waals surface area contributed by atoms with Gasteiger partial charge in [-0.3, -0.25) is 9.69 Å². The average molecular weight is 356 g/mol. The van der Waals surface area contributed by atoms with Crippen molar-refractivity contribution in [3.63, 3.8) is 0 Å². The van der Waals surface area contributed by atoms with Crippen LogP contribution < -0.4 is 5.32 Å². The summed E-state index contributed by atoms with van der Waals surface area (Å²) in [5.74, 6) is -0.468. The summed E-state index contributed by atoms with van der Waals surface area (Å²) >= 11 is 0. The summed E-state index contributed by atoms with van der Waals surface area (Å²) < 4.78 is 16.0. The fourth-order valence-corrected chi connectivity index (χ4v) is 3.01. The van der Waals surface area contributed by atoms with E-state index in [-0.39, 0.29) is 18.6 Å². The number of morpholine rings is 1. The van der Waals surface area contributed by atoms with Gasteiger partial charge in [-0.05, 0) is 48.0 Å². The van der Waals surface area contributed by atoms with Crippen LogP contribution in [0.2, 0.25) is 0 Å². The third-order valence-corrected chi connectivity index (χ3v) is 3.80. The number of nitrogens with one attached hydrogen (secondary N) is 1. The molecule has 0 aromatic carbocycles. The second kappa shape index (κ2) is 6.72. The van der Waals surface area contributed by atoms with Gasteiger partial charge in [-0.25, -0.2) is 9.59 Å². The minimum absolute atomic E-state index is 0.144. The lowest BCUT2D eigenvalue weighted by Gasteiger charge is -2.37. The number of esters is 1. The molecule has 2 rings (SSSR count). The Morgan fingerprint density at radius 2 is 1.68 bits per heavy atom. The predicted octanol–water partition coefficient (Wildman–Crippen LogP) is 2.20. The summed E-state index contributed by atoms with van der Waals surface area (Å²) in [5, 5.41) is 2.78. The van der Waals surface area contributed by atoms with Gasteiger partial charge in [0.1, 0.15) is 23.9 Å². The van der Waals surface area contributed by atoms with Crippen molar-refractivity contribution in [1.29, 1.82) is 0 Å². The molecule has 3 atom stereocenters. The van der Waals surface area contributed by atoms with Crippen LogP contribution in [0.1, 0.15) is 54.4 Å². The number of fused-ring (bicyclic) bond motifs is 1. The van der Waals surface area contributed by atoms with Crippen LogP contribution in [-0.4, -0.2) is 59.0 Å². The highest BCUT2D eigenvalue weighted by Gasteiger charge is 2.47. The summed E-state index contributed by atoms with van der Waals surface area (Å²) in [7, 11) is 0. The molecule has 2 amide bonds. The molecule has 1 aliphatic heterocycles. The van der Waals surface area contributed by atoms with Gasteiger partial charge < -0.3 is 19.5 Å². The molecule has 0 unspecified atom stereocenters. The topological polar surface area (TPSA) is 94.2 Å². The lowest BCUT2D eigenvalue weighted by Crippen LogP contribution is -2.54. The van der Waals surface area contributed by atoms with Crippen molar-refractivity contribution in [1.82, 2.24) is 10.2 Å². The SMILES string of the molecule is CC(C)(C)OC(=O)N[C@H]1C[C@@H]2[C@@H](C1)OC(=O)CN2C(=O)OC(C)(C)C. The predicted molar refractivity (Wildman–Crippen MR) is 89.0 cm³/mol. The van der Waals surface area contributed by atoms with E-state index in [1.807, 2.05) is 0 Å². The molecule has 2 fully saturated rings. The first-order valence-electron chi connectivity index (χ1n) is 8.53. The van der Waals surface area contributed by atoms with Crippen LogP contribution in [0.25, 0.3) is 0 Å². The van der Waals surface area contributed by atoms with E-state index in [0.717, 1.165) is 0 Å². The van der Waals surface area contributed by atoms with Gasteiger partial charge in [0.25, 0.3) is 0 Å². The minimum Gasteiger partial charge on any atom is -0.459 e. The number of ether oxygens (including phenoxy) is 3. The van der Waals surface area contributed by atoms with Gasteiger partial charge in [0, 0.05) is 12.5 Å². The average Bonchev–Trinajstić information content (AvgIpc) is 2.74. The summed E-state index contributed by atoms with van der Waals surface area (Å²) in [6.45, 7) is 10.5. The summed E-state index contributed by atoms with van der Waals surface area (Å²) in [6, 6.07) is -0.548. The Bertz CT molecular complexity index is 548. The largest absolute Gasteiger partial charge is 0.459 e. The molecule has 2 aliphatic rings. The number of hydrogen-bond acceptors (Lipinski definition) is 6. The molecule has 1 N–H and O–H groups in total. The molecule has 0 spiro atoms. The number of amides is 2. The molecule has 1 saturated carbocycles. The van der Waals surface area contributed by atoms with Crippen molar-refractivity contribution >= 4 is 18.2 Å². The van der Waals surface area contributed by atoms with Crippen molar-refractivity contribution in [2.45, 2.75) is 83.8 Å². The van der Waals surface area contributed by atoms with E-state index in [1.165, 1.54) is 4.90 Å². The molecule has 25 heavy (non-hydrogen) atoms. The number of nitrogens with zero attached hydrogens (tertiary/aromatic N) is 1. The highest BCUT2D eigenvalue weighted by molar-refractivity contribution is 5.80. The molecule has 142 valence electrons. The molecule has 8 heteroatoms. The van der Waals surface area contributed by atoms with Crippen LogP contribution in [0.4, 0.5) is 9.59 Å². The zero-order chi connectivity index (χ0) is 19.0. The molecule has 0 radical (unpaired) electrons. The number of rotatable bonds is 1. The van der Waals surface area contributed by atoms with Gasteiger partial charge in [0.2, 0.25) is 0 Å². The van der Waals surface area contributed by atoms with E-state index >= 15 is 0 Å². The first-order valence-corrected chi connectivity index (χ1v) is 8.53. The van der Waals surface area contributed by atoms with Gasteiger partial charge in [0.05, 0.1) is 6.04 Å². The molecule has 0 aromatic heterocycles. The maximum Gasteiger partial charge on any atom is 0.411 e. The van der Waals surface area contributed by atoms with Crippen molar-refractivity contribution in [3.05, 3.63) is 0 Å². The molecule has 0 bridgehead atoms. The first kappa shape index (κ1) is 19.3. The normalized spacial score (nSPS) is 26.6. The first-order chi connectivity index (χ1) is 11.3. The Labute approximate surface area is 148 Å². The molecule has 0 aromatic rings. The second-order valence-electron chi connectivity index (χ2n) is 8.52. The lowest BCUT2D eigenvalue weighted by molar-refractivity contribution is -0.161. The van der Waals surface area contributed by atoms with Crippen LogP contribution >= 0.6 is 0 Å². The second-order valence-corrected chi connectivity index (χ2v) is 8.52. The molecular formula is C17H28N2O6. The van der Waals surface area contributed by atoms with Crippen LogP contribution in [0, 0.1) is 0 Å². The third-order valence-electron chi connectivity index (χ3n) is 3.80. The summed E-state index contributed by atoms with van der Waals surface area (Å²) in [5.41, 5.74) is -1.24. The van der Waals surface area contributed by atoms with Crippen molar-refractivity contribution < 1.29 is 28.6 Å². The van der Waals surface area contributed by atoms with Gasteiger partial charge in [0.15, 0.2) is 0 Å². The van der Waals surface area contributed by atoms with Crippen LogP contribution in [-0.2, 0) is 19.0 Å². The number of carbonyl (C=O) groups excluding carboxylic acids is 3. The minimum atomic E-state index is -0.652. The van der Waals surface area contributed by atoms with Crippen LogP contribution in [0.15, 0.2) is 0 Å². The Hall–Kier alpha value is -1.99. The van der Waals surface area contributed by atoms with Crippen molar-refractivity contribution in [2.24, 2.45) is 0 Å². The highest BCUT2D eigenvalue weighted by Crippen LogP contribution is 2.32. The maximum atomic E-state index is 12.4. The van der Waals surface area contributed by atoms with Crippen molar-refractivity contribution in [3.8, 4) is 0 Å². The fourth-order valence-electron chi connectivity index (χ4n) is 3.01. The Balaban J connectivity index is 2.02. The van der Waals surface area contributed by atoms with Crippen molar-refractivity contribution in [2.75, 3.05) is 6.54 Å². The van der Waals surface area contributed by atoms with Gasteiger partial charge in [-0.15, -0.1) is 0 Å². The number of alkyl carbamates (subject to hydrolysis) is 1. The summed E-state index contributed by atoms with van der Waals surface area (Å²) in [4.78, 5) is 37.6. The third kappa shape index (κ3) is 5.51. The zero-order valence-electron chi connectivity index (χ0n) is 15.8. The molecule has 1 heterocycles. The maximum absolute atomic E-state index is 12.4. The molecule has 1 aliphatic carbocycles. The fraction of sp³-hybridized carbons (Fsp3) is 0.824. The molecule has 1 saturated heterocycles. The van der Waals surface area contributed by atoms with E-state index in [1.54, 1.807) is 41.5 Å². The monoisotopic (exact) mass is 356 g/mol. The lowest BCUT2D eigenvalue weighted by atomic mass is 10.1. The number of carbonyl (C=O) groups is 3. The standard InChI is InChI=1S/C17H28N2O6/c1-16(2,3)24-14(21)18-10-7-11-12(8-10)23-13(20)9-19(11)15(22)25-17(4,5)6/h10-12H,7-9H2,1-6H3,(H,18,21)/t10-,11+,12+/m0/s1. The highest BCUT2D eigenvalue weighted by atomic mass is 16.6. The smallest absolute Gasteiger partial charge is 0.411 e. The zero-order valence-corrected chi connectivity index (χ0v) is 15.8. The quantitative estimate of drug-likeness (QED) is 0.572. The Kier molecular flexibility index (Phi) is 5.20. The Morgan fingerprint density at radius 3 is 2.24 bits per heavy atom. The van der Waals surface area contributed by atoms with Gasteiger partial charge >= 0.3 is 18.2 Å². The van der Waals surface area contributed by atoms with E-state index < -0.39 is 35.5 Å². The number of hydrogen-bond donors (Lipinski definition) is 1. The summed E-state index contributed by atoms with van der Waals surface area (Å²) in [6.07, 6.45) is -0.595. The van der Waals surface area contributed by atoms with Crippen LogP contribution in [0.5, 0.6) is 0 Å². The van der Waals surface area contributed by atoms with Crippen LogP contribution in [0.3, 0.4) is 0 Å². The van der Waals surface area contributed by atoms with E-state index in [0.29, 0.717) is 12.8 Å². The molecule has 8 nitrogen and oxygen atoms in total. The van der Waals surface area contributed by atoms with E-state index in [2.05, 4.69) is 5.32 Å². The van der Waals surface area contributed by atoms with E-state index in [9.17, 15) is 14.4 Å².